The number of aliphatic hydroxyl groups is 1. The summed E-state index contributed by atoms with van der Waals surface area (Å²) in [5.74, 6) is 0.138. The van der Waals surface area contributed by atoms with Crippen LogP contribution in [0, 0.1) is 5.21 Å². The van der Waals surface area contributed by atoms with Gasteiger partial charge in [0.05, 0.1) is 12.1 Å². The largest absolute Gasteiger partial charge is 0.622 e. The molecule has 3 rings (SSSR count). The molecule has 3 heteroatoms. The summed E-state index contributed by atoms with van der Waals surface area (Å²) >= 11 is 0. The first kappa shape index (κ1) is 8.03. The van der Waals surface area contributed by atoms with Crippen LogP contribution >= 0.6 is 0 Å². The Morgan fingerprint density at radius 2 is 2.21 bits per heavy atom. The zero-order valence-electron chi connectivity index (χ0n) is 7.73. The van der Waals surface area contributed by atoms with Crippen LogP contribution in [0.15, 0.2) is 24.4 Å². The Kier molecular flexibility index (Phi) is 1.36. The van der Waals surface area contributed by atoms with E-state index in [1.54, 1.807) is 0 Å². The fraction of sp³-hybridized carbons (Fsp3) is 0.273. The number of quaternary nitrogens is 1. The van der Waals surface area contributed by atoms with Crippen molar-refractivity contribution in [3.05, 3.63) is 40.7 Å². The SMILES string of the molecule is [O-][N+]12C=C(O)c3cccc(c31)CCC2. The van der Waals surface area contributed by atoms with E-state index in [0.717, 1.165) is 29.7 Å². The van der Waals surface area contributed by atoms with Crippen LogP contribution in [0.3, 0.4) is 0 Å². The van der Waals surface area contributed by atoms with Gasteiger partial charge in [0.1, 0.15) is 6.20 Å². The zero-order chi connectivity index (χ0) is 9.76. The summed E-state index contributed by atoms with van der Waals surface area (Å²) in [6.45, 7) is 0.550. The van der Waals surface area contributed by atoms with Gasteiger partial charge < -0.3 is 10.3 Å². The van der Waals surface area contributed by atoms with Crippen LogP contribution in [-0.4, -0.2) is 11.7 Å². The van der Waals surface area contributed by atoms with Gasteiger partial charge >= 0.3 is 0 Å². The van der Waals surface area contributed by atoms with Crippen LogP contribution in [0.4, 0.5) is 5.69 Å². The molecule has 0 saturated heterocycles. The van der Waals surface area contributed by atoms with Crippen LogP contribution in [0.25, 0.3) is 5.76 Å². The van der Waals surface area contributed by atoms with Gasteiger partial charge in [-0.25, -0.2) is 0 Å². The molecule has 72 valence electrons. The molecule has 2 aliphatic rings. The van der Waals surface area contributed by atoms with Crippen LogP contribution in [0.2, 0.25) is 0 Å². The van der Waals surface area contributed by atoms with E-state index in [0.29, 0.717) is 6.54 Å². The first-order chi connectivity index (χ1) is 6.71. The van der Waals surface area contributed by atoms with Crippen molar-refractivity contribution < 1.29 is 5.11 Å². The van der Waals surface area contributed by atoms with E-state index >= 15 is 0 Å². The van der Waals surface area contributed by atoms with Gasteiger partial charge in [0.15, 0.2) is 11.4 Å². The lowest BCUT2D eigenvalue weighted by atomic mass is 9.99. The molecule has 1 aromatic rings. The fourth-order valence-corrected chi connectivity index (χ4v) is 2.46. The quantitative estimate of drug-likeness (QED) is 0.502. The van der Waals surface area contributed by atoms with E-state index in [9.17, 15) is 10.3 Å². The highest BCUT2D eigenvalue weighted by Crippen LogP contribution is 2.44. The first-order valence-electron chi connectivity index (χ1n) is 4.84. The molecule has 0 bridgehead atoms. The summed E-state index contributed by atoms with van der Waals surface area (Å²) in [6, 6.07) is 5.70. The lowest BCUT2D eigenvalue weighted by Crippen LogP contribution is -2.40. The predicted molar refractivity (Wildman–Crippen MR) is 55.4 cm³/mol. The Labute approximate surface area is 82.1 Å². The third-order valence-electron chi connectivity index (χ3n) is 3.04. The number of benzene rings is 1. The third kappa shape index (κ3) is 0.832. The number of aliphatic hydroxyl groups excluding tert-OH is 1. The number of hydrogen-bond acceptors (Lipinski definition) is 2. The minimum atomic E-state index is -0.461. The minimum Gasteiger partial charge on any atom is -0.622 e. The second-order valence-corrected chi connectivity index (χ2v) is 3.95. The van der Waals surface area contributed by atoms with Gasteiger partial charge in [-0.1, -0.05) is 12.1 Å². The van der Waals surface area contributed by atoms with E-state index in [1.165, 1.54) is 6.20 Å². The van der Waals surface area contributed by atoms with Gasteiger partial charge in [-0.05, 0) is 12.5 Å². The molecule has 14 heavy (non-hydrogen) atoms. The minimum absolute atomic E-state index is 0.138. The molecule has 3 nitrogen and oxygen atoms in total. The average Bonchev–Trinajstić information content (AvgIpc) is 2.41. The maximum Gasteiger partial charge on any atom is 0.183 e. The fourth-order valence-electron chi connectivity index (χ4n) is 2.46. The van der Waals surface area contributed by atoms with Gasteiger partial charge in [-0.3, -0.25) is 4.65 Å². The third-order valence-corrected chi connectivity index (χ3v) is 3.04. The van der Waals surface area contributed by atoms with E-state index < -0.39 is 4.65 Å². The van der Waals surface area contributed by atoms with Crippen molar-refractivity contribution in [2.24, 2.45) is 0 Å². The molecular weight excluding hydrogens is 178 g/mol. The Morgan fingerprint density at radius 3 is 3.07 bits per heavy atom. The highest BCUT2D eigenvalue weighted by Gasteiger charge is 2.36. The van der Waals surface area contributed by atoms with Crippen molar-refractivity contribution >= 4 is 11.4 Å². The monoisotopic (exact) mass is 189 g/mol. The molecule has 0 fully saturated rings. The molecule has 0 aliphatic carbocycles. The summed E-state index contributed by atoms with van der Waals surface area (Å²) in [6.07, 6.45) is 3.25. The van der Waals surface area contributed by atoms with Crippen molar-refractivity contribution in [3.8, 4) is 0 Å². The number of hydroxylamine groups is 2. The number of para-hydroxylation sites is 1. The van der Waals surface area contributed by atoms with Crippen LogP contribution < -0.4 is 4.65 Å². The Morgan fingerprint density at radius 1 is 1.36 bits per heavy atom. The van der Waals surface area contributed by atoms with Crippen molar-refractivity contribution in [1.82, 2.24) is 4.65 Å². The van der Waals surface area contributed by atoms with Crippen molar-refractivity contribution in [2.75, 3.05) is 6.54 Å². The highest BCUT2D eigenvalue weighted by atomic mass is 16.5. The molecule has 0 radical (unpaired) electrons. The summed E-state index contributed by atoms with van der Waals surface area (Å²) in [7, 11) is 0. The van der Waals surface area contributed by atoms with E-state index in [4.69, 9.17) is 0 Å². The molecule has 1 aromatic carbocycles. The molecule has 2 aliphatic heterocycles. The zero-order valence-corrected chi connectivity index (χ0v) is 7.73. The van der Waals surface area contributed by atoms with Crippen molar-refractivity contribution in [3.63, 3.8) is 0 Å². The van der Waals surface area contributed by atoms with Crippen LogP contribution in [0.5, 0.6) is 0 Å². The number of nitrogens with zero attached hydrogens (tertiary/aromatic N) is 1. The van der Waals surface area contributed by atoms with Gasteiger partial charge in [0, 0.05) is 12.0 Å². The van der Waals surface area contributed by atoms with Crippen molar-refractivity contribution in [1.29, 1.82) is 0 Å². The smallest absolute Gasteiger partial charge is 0.183 e. The molecule has 1 atom stereocenters. The average molecular weight is 189 g/mol. The lowest BCUT2D eigenvalue weighted by molar-refractivity contribution is 0.449. The van der Waals surface area contributed by atoms with Crippen molar-refractivity contribution in [2.45, 2.75) is 12.8 Å². The molecule has 2 heterocycles. The lowest BCUT2D eigenvalue weighted by Gasteiger charge is -2.39. The van der Waals surface area contributed by atoms with Gasteiger partial charge in [0.25, 0.3) is 0 Å². The molecular formula is C11H11NO2. The molecule has 1 unspecified atom stereocenters. The topological polar surface area (TPSA) is 43.3 Å². The van der Waals surface area contributed by atoms with Gasteiger partial charge in [0.2, 0.25) is 0 Å². The summed E-state index contributed by atoms with van der Waals surface area (Å²) < 4.78 is -0.461. The number of hydrogen-bond donors (Lipinski definition) is 1. The predicted octanol–water partition coefficient (Wildman–Crippen LogP) is 2.31. The second kappa shape index (κ2) is 2.38. The molecule has 0 saturated carbocycles. The summed E-state index contributed by atoms with van der Waals surface area (Å²) in [5.41, 5.74) is 2.57. The maximum atomic E-state index is 12.3. The maximum absolute atomic E-state index is 12.3. The van der Waals surface area contributed by atoms with Crippen LogP contribution in [0.1, 0.15) is 17.5 Å². The molecule has 0 aromatic heterocycles. The number of aryl methyl sites for hydroxylation is 1. The Hall–Kier alpha value is -1.32. The summed E-state index contributed by atoms with van der Waals surface area (Å²) in [5, 5.41) is 21.9. The normalized spacial score (nSPS) is 28.5. The summed E-state index contributed by atoms with van der Waals surface area (Å²) in [4.78, 5) is 0. The standard InChI is InChI=1S/C11H11NO2/c13-10-7-12(14)6-2-4-8-3-1-5-9(10)11(8)12/h1,3,5,7,13H,2,4,6H2. The Balaban J connectivity index is 2.34. The molecule has 0 spiro atoms. The molecule has 0 amide bonds. The Bertz CT molecular complexity index is 439. The number of rotatable bonds is 0. The van der Waals surface area contributed by atoms with Gasteiger partial charge in [-0.15, -0.1) is 0 Å². The van der Waals surface area contributed by atoms with E-state index in [1.807, 2.05) is 18.2 Å². The van der Waals surface area contributed by atoms with Crippen LogP contribution in [-0.2, 0) is 6.42 Å². The first-order valence-corrected chi connectivity index (χ1v) is 4.84. The van der Waals surface area contributed by atoms with Gasteiger partial charge in [-0.2, -0.15) is 0 Å². The molecule has 1 N–H and O–H groups in total. The highest BCUT2D eigenvalue weighted by molar-refractivity contribution is 5.81. The van der Waals surface area contributed by atoms with E-state index in [-0.39, 0.29) is 5.76 Å². The van der Waals surface area contributed by atoms with E-state index in [2.05, 4.69) is 0 Å². The second-order valence-electron chi connectivity index (χ2n) is 3.95.